The van der Waals surface area contributed by atoms with Gasteiger partial charge in [-0.15, -0.1) is 0 Å². The minimum absolute atomic E-state index is 0.477. The van der Waals surface area contributed by atoms with Crippen LogP contribution in [-0.2, 0) is 4.74 Å². The van der Waals surface area contributed by atoms with Crippen LogP contribution in [0.5, 0.6) is 0 Å². The van der Waals surface area contributed by atoms with Crippen LogP contribution in [-0.4, -0.2) is 12.2 Å². The van der Waals surface area contributed by atoms with E-state index in [0.29, 0.717) is 18.1 Å². The Labute approximate surface area is 106 Å². The van der Waals surface area contributed by atoms with Gasteiger partial charge in [-0.2, -0.15) is 0 Å². The van der Waals surface area contributed by atoms with Gasteiger partial charge in [-0.05, 0) is 49.8 Å². The van der Waals surface area contributed by atoms with E-state index in [1.54, 1.807) is 0 Å². The van der Waals surface area contributed by atoms with Crippen molar-refractivity contribution in [3.8, 4) is 0 Å². The Morgan fingerprint density at radius 2 is 2.12 bits per heavy atom. The summed E-state index contributed by atoms with van der Waals surface area (Å²) in [5.41, 5.74) is 2.77. The second kappa shape index (κ2) is 4.89. The van der Waals surface area contributed by atoms with Crippen LogP contribution in [0.2, 0.25) is 0 Å². The van der Waals surface area contributed by atoms with Crippen molar-refractivity contribution in [3.63, 3.8) is 0 Å². The molecule has 3 atom stereocenters. The highest BCUT2D eigenvalue weighted by molar-refractivity contribution is 9.10. The molecule has 0 bridgehead atoms. The van der Waals surface area contributed by atoms with Crippen molar-refractivity contribution in [2.75, 3.05) is 0 Å². The number of halogens is 1. The van der Waals surface area contributed by atoms with Gasteiger partial charge >= 0.3 is 0 Å². The minimum Gasteiger partial charge on any atom is -0.370 e. The zero-order valence-corrected chi connectivity index (χ0v) is 11.8. The lowest BCUT2D eigenvalue weighted by Gasteiger charge is -2.15. The van der Waals surface area contributed by atoms with Gasteiger partial charge in [0.1, 0.15) is 0 Å². The van der Waals surface area contributed by atoms with Crippen LogP contribution in [0.25, 0.3) is 0 Å². The Morgan fingerprint density at radius 3 is 2.62 bits per heavy atom. The number of benzene rings is 1. The number of aryl methyl sites for hydroxylation is 1. The van der Waals surface area contributed by atoms with Crippen LogP contribution in [0.4, 0.5) is 0 Å². The molecule has 1 aliphatic heterocycles. The number of ether oxygens (including phenoxy) is 1. The van der Waals surface area contributed by atoms with Crippen LogP contribution >= 0.6 is 15.9 Å². The molecule has 1 aliphatic rings. The van der Waals surface area contributed by atoms with Crippen molar-refractivity contribution in [1.82, 2.24) is 0 Å². The normalized spacial score (nSPS) is 25.5. The molecule has 88 valence electrons. The van der Waals surface area contributed by atoms with Crippen LogP contribution < -0.4 is 0 Å². The summed E-state index contributed by atoms with van der Waals surface area (Å²) in [5, 5.41) is 0. The van der Waals surface area contributed by atoms with Gasteiger partial charge in [-0.25, -0.2) is 0 Å². The Kier molecular flexibility index (Phi) is 3.70. The first kappa shape index (κ1) is 12.1. The monoisotopic (exact) mass is 282 g/mol. The van der Waals surface area contributed by atoms with Crippen molar-refractivity contribution >= 4 is 15.9 Å². The summed E-state index contributed by atoms with van der Waals surface area (Å²) in [7, 11) is 0. The summed E-state index contributed by atoms with van der Waals surface area (Å²) >= 11 is 3.55. The number of rotatable bonds is 4. The number of epoxide rings is 1. The molecule has 16 heavy (non-hydrogen) atoms. The molecule has 1 saturated heterocycles. The molecule has 0 N–H and O–H groups in total. The lowest BCUT2D eigenvalue weighted by Crippen LogP contribution is -2.03. The standard InChI is InChI=1S/C14H19BrO/c1-4-11(8-14-10(3)16-14)12-5-6-13(15)9(2)7-12/h5-7,10-11,14H,4,8H2,1-3H3. The van der Waals surface area contributed by atoms with Crippen molar-refractivity contribution in [2.24, 2.45) is 0 Å². The van der Waals surface area contributed by atoms with E-state index in [9.17, 15) is 0 Å². The summed E-state index contributed by atoms with van der Waals surface area (Å²) < 4.78 is 6.71. The minimum atomic E-state index is 0.477. The third-order valence-corrected chi connectivity index (χ3v) is 4.39. The van der Waals surface area contributed by atoms with Crippen LogP contribution in [0.15, 0.2) is 22.7 Å². The molecule has 0 spiro atoms. The quantitative estimate of drug-likeness (QED) is 0.745. The largest absolute Gasteiger partial charge is 0.370 e. The maximum absolute atomic E-state index is 5.52. The average molecular weight is 283 g/mol. The fourth-order valence-electron chi connectivity index (χ4n) is 2.22. The molecule has 0 aliphatic carbocycles. The summed E-state index contributed by atoms with van der Waals surface area (Å²) in [6.45, 7) is 6.57. The highest BCUT2D eigenvalue weighted by Crippen LogP contribution is 2.35. The molecule has 3 unspecified atom stereocenters. The number of hydrogen-bond acceptors (Lipinski definition) is 1. The third-order valence-electron chi connectivity index (χ3n) is 3.50. The predicted octanol–water partition coefficient (Wildman–Crippen LogP) is 4.43. The van der Waals surface area contributed by atoms with E-state index >= 15 is 0 Å². The van der Waals surface area contributed by atoms with E-state index in [1.807, 2.05) is 0 Å². The van der Waals surface area contributed by atoms with Crippen LogP contribution in [0, 0.1) is 6.92 Å². The molecule has 0 amide bonds. The van der Waals surface area contributed by atoms with Gasteiger partial charge in [0.15, 0.2) is 0 Å². The van der Waals surface area contributed by atoms with E-state index < -0.39 is 0 Å². The molecule has 1 aromatic carbocycles. The summed E-state index contributed by atoms with van der Waals surface area (Å²) in [4.78, 5) is 0. The topological polar surface area (TPSA) is 12.5 Å². The first-order valence-corrected chi connectivity index (χ1v) is 6.82. The molecule has 0 saturated carbocycles. The molecule has 2 heteroatoms. The molecule has 1 aromatic rings. The van der Waals surface area contributed by atoms with Gasteiger partial charge in [0.05, 0.1) is 12.2 Å². The van der Waals surface area contributed by atoms with Gasteiger partial charge in [0.25, 0.3) is 0 Å². The van der Waals surface area contributed by atoms with Crippen LogP contribution in [0.1, 0.15) is 43.7 Å². The molecule has 1 fully saturated rings. The zero-order valence-electron chi connectivity index (χ0n) is 10.2. The fourth-order valence-corrected chi connectivity index (χ4v) is 2.46. The maximum Gasteiger partial charge on any atom is 0.0844 e. The molecule has 1 nitrogen and oxygen atoms in total. The first-order valence-electron chi connectivity index (χ1n) is 6.03. The van der Waals surface area contributed by atoms with Crippen LogP contribution in [0.3, 0.4) is 0 Å². The maximum atomic E-state index is 5.52. The van der Waals surface area contributed by atoms with Crippen molar-refractivity contribution in [2.45, 2.75) is 51.7 Å². The molecule has 0 radical (unpaired) electrons. The van der Waals surface area contributed by atoms with Gasteiger partial charge in [-0.3, -0.25) is 0 Å². The Balaban J connectivity index is 2.10. The average Bonchev–Trinajstić information content (AvgIpc) is 2.95. The van der Waals surface area contributed by atoms with Crippen molar-refractivity contribution in [3.05, 3.63) is 33.8 Å². The lowest BCUT2D eigenvalue weighted by atomic mass is 9.90. The molecule has 2 rings (SSSR count). The van der Waals surface area contributed by atoms with E-state index in [0.717, 1.165) is 0 Å². The van der Waals surface area contributed by atoms with E-state index in [-0.39, 0.29) is 0 Å². The van der Waals surface area contributed by atoms with Crippen molar-refractivity contribution < 1.29 is 4.74 Å². The van der Waals surface area contributed by atoms with Gasteiger partial charge in [0.2, 0.25) is 0 Å². The summed E-state index contributed by atoms with van der Waals surface area (Å²) in [6, 6.07) is 6.69. The lowest BCUT2D eigenvalue weighted by molar-refractivity contribution is 0.357. The second-order valence-corrected chi connectivity index (χ2v) is 5.58. The SMILES string of the molecule is CCC(CC1OC1C)c1ccc(Br)c(C)c1. The van der Waals surface area contributed by atoms with E-state index in [4.69, 9.17) is 4.74 Å². The highest BCUT2D eigenvalue weighted by Gasteiger charge is 2.35. The first-order chi connectivity index (χ1) is 7.61. The molecular weight excluding hydrogens is 264 g/mol. The van der Waals surface area contributed by atoms with Gasteiger partial charge in [0, 0.05) is 4.47 Å². The van der Waals surface area contributed by atoms with Crippen molar-refractivity contribution in [1.29, 1.82) is 0 Å². The number of hydrogen-bond donors (Lipinski definition) is 0. The summed E-state index contributed by atoms with van der Waals surface area (Å²) in [5.74, 6) is 0.641. The Hall–Kier alpha value is -0.340. The Morgan fingerprint density at radius 1 is 1.44 bits per heavy atom. The van der Waals surface area contributed by atoms with E-state index in [1.165, 1.54) is 28.4 Å². The zero-order chi connectivity index (χ0) is 11.7. The molecular formula is C14H19BrO. The fraction of sp³-hybridized carbons (Fsp3) is 0.571. The smallest absolute Gasteiger partial charge is 0.0844 e. The van der Waals surface area contributed by atoms with Gasteiger partial charge in [-0.1, -0.05) is 35.0 Å². The summed E-state index contributed by atoms with van der Waals surface area (Å²) in [6.07, 6.45) is 3.33. The highest BCUT2D eigenvalue weighted by atomic mass is 79.9. The Bertz CT molecular complexity index is 375. The molecule has 1 heterocycles. The van der Waals surface area contributed by atoms with E-state index in [2.05, 4.69) is 54.9 Å². The third kappa shape index (κ3) is 2.67. The second-order valence-electron chi connectivity index (χ2n) is 4.73. The predicted molar refractivity (Wildman–Crippen MR) is 70.9 cm³/mol. The molecule has 0 aromatic heterocycles. The van der Waals surface area contributed by atoms with Gasteiger partial charge < -0.3 is 4.74 Å².